The van der Waals surface area contributed by atoms with Crippen molar-refractivity contribution in [3.63, 3.8) is 0 Å². The van der Waals surface area contributed by atoms with Crippen LogP contribution in [-0.2, 0) is 9.53 Å². The summed E-state index contributed by atoms with van der Waals surface area (Å²) in [5, 5.41) is 16.2. The van der Waals surface area contributed by atoms with Gasteiger partial charge >= 0.3 is 5.97 Å². The zero-order valence-corrected chi connectivity index (χ0v) is 14.7. The maximum Gasteiger partial charge on any atom is 0.341 e. The lowest BCUT2D eigenvalue weighted by Crippen LogP contribution is -2.32. The van der Waals surface area contributed by atoms with E-state index in [1.807, 2.05) is 0 Å². The number of carbonyl (C=O) groups excluding carboxylic acids is 2. The maximum atomic E-state index is 13.6. The van der Waals surface area contributed by atoms with Crippen molar-refractivity contribution in [2.75, 3.05) is 25.0 Å². The Morgan fingerprint density at radius 1 is 1.15 bits per heavy atom. The first kappa shape index (κ1) is 20.1. The molecule has 0 aliphatic rings. The van der Waals surface area contributed by atoms with Gasteiger partial charge in [0.05, 0.1) is 10.5 Å². The molecular weight excluding hydrogens is 381 g/mol. The molecule has 8 nitrogen and oxygen atoms in total. The van der Waals surface area contributed by atoms with Crippen LogP contribution in [0, 0.1) is 15.9 Å². The SMILES string of the molecule is O=C(COC(=O)c1ccc(Cl)cc1F)NCCNc1ccc([N+](=O)[O-])cc1. The third-order valence-electron chi connectivity index (χ3n) is 3.34. The fraction of sp³-hybridized carbons (Fsp3) is 0.176. The third kappa shape index (κ3) is 6.23. The average Bonchev–Trinajstić information content (AvgIpc) is 2.63. The summed E-state index contributed by atoms with van der Waals surface area (Å²) < 4.78 is 18.3. The fourth-order valence-electron chi connectivity index (χ4n) is 2.02. The van der Waals surface area contributed by atoms with E-state index in [9.17, 15) is 24.1 Å². The van der Waals surface area contributed by atoms with E-state index in [1.165, 1.54) is 24.3 Å². The number of nitro benzene ring substituents is 1. The van der Waals surface area contributed by atoms with Crippen LogP contribution in [0.3, 0.4) is 0 Å². The van der Waals surface area contributed by atoms with Gasteiger partial charge in [-0.15, -0.1) is 0 Å². The number of non-ortho nitro benzene ring substituents is 1. The monoisotopic (exact) mass is 395 g/mol. The van der Waals surface area contributed by atoms with Crippen molar-refractivity contribution >= 4 is 34.9 Å². The van der Waals surface area contributed by atoms with Gasteiger partial charge in [-0.2, -0.15) is 0 Å². The van der Waals surface area contributed by atoms with E-state index in [1.54, 1.807) is 12.1 Å². The minimum atomic E-state index is -0.969. The van der Waals surface area contributed by atoms with E-state index in [0.717, 1.165) is 6.07 Å². The van der Waals surface area contributed by atoms with Gasteiger partial charge in [0.1, 0.15) is 5.82 Å². The van der Waals surface area contributed by atoms with E-state index in [0.29, 0.717) is 12.2 Å². The van der Waals surface area contributed by atoms with E-state index in [2.05, 4.69) is 10.6 Å². The molecule has 0 heterocycles. The van der Waals surface area contributed by atoms with Crippen molar-refractivity contribution in [3.05, 3.63) is 69.0 Å². The van der Waals surface area contributed by atoms with Gasteiger partial charge in [-0.3, -0.25) is 14.9 Å². The lowest BCUT2D eigenvalue weighted by atomic mass is 10.2. The van der Waals surface area contributed by atoms with Gasteiger partial charge in [0.15, 0.2) is 6.61 Å². The largest absolute Gasteiger partial charge is 0.452 e. The number of rotatable bonds is 8. The predicted octanol–water partition coefficient (Wildman–Crippen LogP) is 2.77. The maximum absolute atomic E-state index is 13.6. The molecule has 142 valence electrons. The molecule has 0 fully saturated rings. The summed E-state index contributed by atoms with van der Waals surface area (Å²) >= 11 is 5.59. The molecule has 0 aromatic heterocycles. The Bertz CT molecular complexity index is 845. The Balaban J connectivity index is 1.68. The molecule has 0 aliphatic carbocycles. The van der Waals surface area contributed by atoms with Gasteiger partial charge in [0, 0.05) is 35.9 Å². The van der Waals surface area contributed by atoms with Gasteiger partial charge < -0.3 is 15.4 Å². The van der Waals surface area contributed by atoms with Crippen molar-refractivity contribution in [1.29, 1.82) is 0 Å². The van der Waals surface area contributed by atoms with Gasteiger partial charge in [0.25, 0.3) is 11.6 Å². The third-order valence-corrected chi connectivity index (χ3v) is 3.57. The highest BCUT2D eigenvalue weighted by atomic mass is 35.5. The number of halogens is 2. The van der Waals surface area contributed by atoms with Crippen LogP contribution in [0.15, 0.2) is 42.5 Å². The van der Waals surface area contributed by atoms with Crippen LogP contribution in [0.25, 0.3) is 0 Å². The molecule has 2 N–H and O–H groups in total. The Kier molecular flexibility index (Phi) is 7.07. The van der Waals surface area contributed by atoms with Crippen molar-refractivity contribution in [2.45, 2.75) is 0 Å². The zero-order valence-electron chi connectivity index (χ0n) is 13.9. The highest BCUT2D eigenvalue weighted by Gasteiger charge is 2.15. The number of ether oxygens (including phenoxy) is 1. The number of hydrogen-bond acceptors (Lipinski definition) is 6. The number of nitrogens with one attached hydrogen (secondary N) is 2. The Hall–Kier alpha value is -3.20. The molecule has 1 amide bonds. The molecule has 0 radical (unpaired) electrons. The number of amides is 1. The van der Waals surface area contributed by atoms with E-state index in [4.69, 9.17) is 16.3 Å². The van der Waals surface area contributed by atoms with E-state index >= 15 is 0 Å². The van der Waals surface area contributed by atoms with Crippen LogP contribution >= 0.6 is 11.6 Å². The topological polar surface area (TPSA) is 111 Å². The standard InChI is InChI=1S/C17H15ClFN3O5/c18-11-1-6-14(15(19)9-11)17(24)27-10-16(23)21-8-7-20-12-2-4-13(5-3-12)22(25)26/h1-6,9,20H,7-8,10H2,(H,21,23). The average molecular weight is 396 g/mol. The molecule has 10 heteroatoms. The Morgan fingerprint density at radius 3 is 2.48 bits per heavy atom. The normalized spacial score (nSPS) is 10.1. The Morgan fingerprint density at radius 2 is 1.85 bits per heavy atom. The van der Waals surface area contributed by atoms with Crippen LogP contribution in [0.2, 0.25) is 5.02 Å². The predicted molar refractivity (Wildman–Crippen MR) is 96.3 cm³/mol. The molecule has 0 saturated heterocycles. The summed E-state index contributed by atoms with van der Waals surface area (Å²) in [6, 6.07) is 9.29. The lowest BCUT2D eigenvalue weighted by Gasteiger charge is -2.09. The van der Waals surface area contributed by atoms with Crippen LogP contribution in [-0.4, -0.2) is 36.5 Å². The zero-order chi connectivity index (χ0) is 19.8. The number of nitrogens with zero attached hydrogens (tertiary/aromatic N) is 1. The van der Waals surface area contributed by atoms with Crippen molar-refractivity contribution in [1.82, 2.24) is 5.32 Å². The molecule has 2 rings (SSSR count). The number of benzene rings is 2. The molecule has 0 bridgehead atoms. The first-order valence-electron chi connectivity index (χ1n) is 7.74. The molecule has 0 aliphatic heterocycles. The summed E-state index contributed by atoms with van der Waals surface area (Å²) in [7, 11) is 0. The minimum absolute atomic E-state index is 0.0206. The fourth-order valence-corrected chi connectivity index (χ4v) is 2.18. The van der Waals surface area contributed by atoms with Crippen molar-refractivity contribution < 1.29 is 23.6 Å². The molecule has 2 aromatic rings. The van der Waals surface area contributed by atoms with Gasteiger partial charge in [0.2, 0.25) is 0 Å². The molecule has 27 heavy (non-hydrogen) atoms. The van der Waals surface area contributed by atoms with Crippen molar-refractivity contribution in [3.8, 4) is 0 Å². The van der Waals surface area contributed by atoms with Crippen LogP contribution in [0.5, 0.6) is 0 Å². The molecule has 0 saturated carbocycles. The van der Waals surface area contributed by atoms with E-state index < -0.39 is 29.2 Å². The van der Waals surface area contributed by atoms with Gasteiger partial charge in [-0.25, -0.2) is 9.18 Å². The first-order chi connectivity index (χ1) is 12.9. The summed E-state index contributed by atoms with van der Waals surface area (Å²) in [5.41, 5.74) is 0.319. The minimum Gasteiger partial charge on any atom is -0.452 e. The summed E-state index contributed by atoms with van der Waals surface area (Å²) in [6.45, 7) is 0.0183. The second-order valence-corrected chi connectivity index (χ2v) is 5.72. The number of carbonyl (C=O) groups is 2. The first-order valence-corrected chi connectivity index (χ1v) is 8.12. The lowest BCUT2D eigenvalue weighted by molar-refractivity contribution is -0.384. The van der Waals surface area contributed by atoms with Gasteiger partial charge in [-0.05, 0) is 30.3 Å². The number of esters is 1. The Labute approximate surface area is 158 Å². The summed E-state index contributed by atoms with van der Waals surface area (Å²) in [6.07, 6.45) is 0. The highest BCUT2D eigenvalue weighted by molar-refractivity contribution is 6.30. The van der Waals surface area contributed by atoms with Gasteiger partial charge in [-0.1, -0.05) is 11.6 Å². The number of anilines is 1. The molecule has 0 unspecified atom stereocenters. The van der Waals surface area contributed by atoms with Crippen LogP contribution < -0.4 is 10.6 Å². The van der Waals surface area contributed by atoms with Crippen LogP contribution in [0.1, 0.15) is 10.4 Å². The second kappa shape index (κ2) is 9.48. The molecule has 2 aromatic carbocycles. The number of nitro groups is 1. The number of hydrogen-bond donors (Lipinski definition) is 2. The van der Waals surface area contributed by atoms with E-state index in [-0.39, 0.29) is 22.8 Å². The quantitative estimate of drug-likeness (QED) is 0.308. The highest BCUT2D eigenvalue weighted by Crippen LogP contribution is 2.16. The smallest absolute Gasteiger partial charge is 0.341 e. The molecule has 0 spiro atoms. The van der Waals surface area contributed by atoms with Crippen molar-refractivity contribution in [2.24, 2.45) is 0 Å². The van der Waals surface area contributed by atoms with Crippen LogP contribution in [0.4, 0.5) is 15.8 Å². The second-order valence-electron chi connectivity index (χ2n) is 5.28. The molecule has 0 atom stereocenters. The summed E-state index contributed by atoms with van der Waals surface area (Å²) in [4.78, 5) is 33.4. The molecular formula is C17H15ClFN3O5. The summed E-state index contributed by atoms with van der Waals surface area (Å²) in [5.74, 6) is -2.35.